The molecule has 0 saturated heterocycles. The highest BCUT2D eigenvalue weighted by Gasteiger charge is 2.39. The fraction of sp³-hybridized carbons (Fsp3) is 0.368. The van der Waals surface area contributed by atoms with Crippen LogP contribution in [0.4, 0.5) is 5.69 Å². The van der Waals surface area contributed by atoms with Gasteiger partial charge >= 0.3 is 0 Å². The summed E-state index contributed by atoms with van der Waals surface area (Å²) in [6, 6.07) is 14.4. The first kappa shape index (κ1) is 14.4. The monoisotopic (exact) mass is 311 g/mol. The van der Waals surface area contributed by atoms with E-state index in [4.69, 9.17) is 14.2 Å². The average Bonchev–Trinajstić information content (AvgIpc) is 3.08. The molecular formula is C19H21NO3. The van der Waals surface area contributed by atoms with Crippen LogP contribution in [0.25, 0.3) is 0 Å². The molecule has 120 valence electrons. The molecular weight excluding hydrogens is 290 g/mol. The Balaban J connectivity index is 1.74. The Labute approximate surface area is 136 Å². The molecule has 0 saturated carbocycles. The number of ether oxygens (including phenoxy) is 3. The minimum absolute atomic E-state index is 0.195. The highest BCUT2D eigenvalue weighted by molar-refractivity contribution is 5.57. The number of hydrogen-bond acceptors (Lipinski definition) is 4. The van der Waals surface area contributed by atoms with Crippen LogP contribution < -0.4 is 14.8 Å². The molecule has 1 N–H and O–H groups in total. The molecule has 2 aliphatic rings. The normalized spacial score (nSPS) is 20.7. The van der Waals surface area contributed by atoms with Crippen molar-refractivity contribution in [1.29, 1.82) is 0 Å². The van der Waals surface area contributed by atoms with Crippen molar-refractivity contribution in [2.45, 2.75) is 38.5 Å². The summed E-state index contributed by atoms with van der Waals surface area (Å²) in [7, 11) is 0. The fourth-order valence-corrected chi connectivity index (χ4v) is 3.49. The topological polar surface area (TPSA) is 39.7 Å². The van der Waals surface area contributed by atoms with Gasteiger partial charge in [0.15, 0.2) is 17.7 Å². The van der Waals surface area contributed by atoms with E-state index < -0.39 is 0 Å². The van der Waals surface area contributed by atoms with Crippen LogP contribution >= 0.6 is 0 Å². The number of fused-ring (bicyclic) bond motifs is 2. The van der Waals surface area contributed by atoms with E-state index in [9.17, 15) is 0 Å². The average molecular weight is 311 g/mol. The predicted octanol–water partition coefficient (Wildman–Crippen LogP) is 4.57. The van der Waals surface area contributed by atoms with E-state index in [-0.39, 0.29) is 18.6 Å². The van der Waals surface area contributed by atoms with Gasteiger partial charge in [-0.15, -0.1) is 0 Å². The van der Waals surface area contributed by atoms with Gasteiger partial charge in [0.2, 0.25) is 6.79 Å². The van der Waals surface area contributed by atoms with Gasteiger partial charge < -0.3 is 19.5 Å². The summed E-state index contributed by atoms with van der Waals surface area (Å²) in [5.41, 5.74) is 3.17. The van der Waals surface area contributed by atoms with Crippen LogP contribution in [0.15, 0.2) is 42.5 Å². The lowest BCUT2D eigenvalue weighted by Gasteiger charge is -2.43. The van der Waals surface area contributed by atoms with E-state index >= 15 is 0 Å². The molecule has 0 unspecified atom stereocenters. The van der Waals surface area contributed by atoms with Crippen molar-refractivity contribution in [2.24, 2.45) is 0 Å². The van der Waals surface area contributed by atoms with Crippen molar-refractivity contribution < 1.29 is 14.2 Å². The molecule has 2 aromatic carbocycles. The Morgan fingerprint density at radius 2 is 1.83 bits per heavy atom. The quantitative estimate of drug-likeness (QED) is 0.901. The smallest absolute Gasteiger partial charge is 0.231 e. The predicted molar refractivity (Wildman–Crippen MR) is 88.7 cm³/mol. The van der Waals surface area contributed by atoms with Crippen molar-refractivity contribution in [3.05, 3.63) is 53.6 Å². The number of rotatable bonds is 3. The second-order valence-corrected chi connectivity index (χ2v) is 6.00. The van der Waals surface area contributed by atoms with Gasteiger partial charge in [-0.2, -0.15) is 0 Å². The van der Waals surface area contributed by atoms with Gasteiger partial charge in [-0.1, -0.05) is 38.1 Å². The van der Waals surface area contributed by atoms with E-state index in [1.807, 2.05) is 18.2 Å². The standard InChI is InChI=1S/C19H21NO3/c1-3-19(4-2)14-7-5-6-8-15(14)20-18(23-19)13-9-10-16-17(11-13)22-12-21-16/h5-11,18,20H,3-4,12H2,1-2H3/t18-/m0/s1. The Morgan fingerprint density at radius 1 is 1.04 bits per heavy atom. The molecule has 0 spiro atoms. The van der Waals surface area contributed by atoms with Crippen molar-refractivity contribution in [1.82, 2.24) is 0 Å². The summed E-state index contributed by atoms with van der Waals surface area (Å²) in [5, 5.41) is 3.51. The Morgan fingerprint density at radius 3 is 2.65 bits per heavy atom. The first-order valence-corrected chi connectivity index (χ1v) is 8.19. The molecule has 2 heterocycles. The second-order valence-electron chi connectivity index (χ2n) is 6.00. The van der Waals surface area contributed by atoms with Crippen molar-refractivity contribution in [2.75, 3.05) is 12.1 Å². The number of benzene rings is 2. The molecule has 0 aliphatic carbocycles. The molecule has 0 amide bonds. The SMILES string of the molecule is CCC1(CC)O[C@@H](c2ccc3c(c2)OCO3)Nc2ccccc21. The minimum atomic E-state index is -0.261. The molecule has 23 heavy (non-hydrogen) atoms. The zero-order valence-electron chi connectivity index (χ0n) is 13.5. The summed E-state index contributed by atoms with van der Waals surface area (Å²) in [4.78, 5) is 0. The van der Waals surface area contributed by atoms with Crippen molar-refractivity contribution >= 4 is 5.69 Å². The summed E-state index contributed by atoms with van der Waals surface area (Å²) < 4.78 is 17.4. The molecule has 0 radical (unpaired) electrons. The molecule has 4 nitrogen and oxygen atoms in total. The zero-order chi connectivity index (χ0) is 15.9. The van der Waals surface area contributed by atoms with Crippen molar-refractivity contribution in [3.8, 4) is 11.5 Å². The maximum Gasteiger partial charge on any atom is 0.231 e. The van der Waals surface area contributed by atoms with Crippen LogP contribution in [0.3, 0.4) is 0 Å². The van der Waals surface area contributed by atoms with Gasteiger partial charge in [0, 0.05) is 16.8 Å². The molecule has 4 heteroatoms. The third-order valence-electron chi connectivity index (χ3n) is 4.89. The molecule has 0 bridgehead atoms. The molecule has 4 rings (SSSR count). The zero-order valence-corrected chi connectivity index (χ0v) is 13.5. The molecule has 2 aliphatic heterocycles. The summed E-state index contributed by atoms with van der Waals surface area (Å²) in [5.74, 6) is 1.58. The van der Waals surface area contributed by atoms with Gasteiger partial charge in [-0.3, -0.25) is 0 Å². The maximum absolute atomic E-state index is 6.54. The van der Waals surface area contributed by atoms with Gasteiger partial charge in [0.1, 0.15) is 0 Å². The fourth-order valence-electron chi connectivity index (χ4n) is 3.49. The van der Waals surface area contributed by atoms with Gasteiger partial charge in [-0.25, -0.2) is 0 Å². The van der Waals surface area contributed by atoms with Gasteiger partial charge in [0.05, 0.1) is 5.60 Å². The number of para-hydroxylation sites is 1. The van der Waals surface area contributed by atoms with E-state index in [0.717, 1.165) is 35.6 Å². The first-order chi connectivity index (χ1) is 11.3. The lowest BCUT2D eigenvalue weighted by Crippen LogP contribution is -2.37. The lowest BCUT2D eigenvalue weighted by molar-refractivity contribution is -0.103. The summed E-state index contributed by atoms with van der Waals surface area (Å²) in [6.45, 7) is 4.65. The highest BCUT2D eigenvalue weighted by atomic mass is 16.7. The van der Waals surface area contributed by atoms with Crippen LogP contribution in [0.5, 0.6) is 11.5 Å². The molecule has 0 fully saturated rings. The van der Waals surface area contributed by atoms with Crippen LogP contribution in [-0.2, 0) is 10.3 Å². The van der Waals surface area contributed by atoms with E-state index in [2.05, 4.69) is 43.4 Å². The van der Waals surface area contributed by atoms with Gasteiger partial charge in [0.25, 0.3) is 0 Å². The number of hydrogen-bond donors (Lipinski definition) is 1. The third kappa shape index (κ3) is 2.25. The Bertz CT molecular complexity index is 724. The Kier molecular flexibility index (Phi) is 3.42. The third-order valence-corrected chi connectivity index (χ3v) is 4.89. The highest BCUT2D eigenvalue weighted by Crippen LogP contribution is 2.46. The second kappa shape index (κ2) is 5.46. The van der Waals surface area contributed by atoms with E-state index in [1.165, 1.54) is 5.56 Å². The molecule has 2 aromatic rings. The van der Waals surface area contributed by atoms with Crippen LogP contribution in [0.2, 0.25) is 0 Å². The minimum Gasteiger partial charge on any atom is -0.454 e. The van der Waals surface area contributed by atoms with Crippen LogP contribution in [-0.4, -0.2) is 6.79 Å². The molecule has 0 aromatic heterocycles. The van der Waals surface area contributed by atoms with Crippen LogP contribution in [0, 0.1) is 0 Å². The maximum atomic E-state index is 6.54. The lowest BCUT2D eigenvalue weighted by atomic mass is 9.85. The van der Waals surface area contributed by atoms with E-state index in [0.29, 0.717) is 0 Å². The van der Waals surface area contributed by atoms with Crippen LogP contribution in [0.1, 0.15) is 44.0 Å². The summed E-state index contributed by atoms with van der Waals surface area (Å²) in [6.07, 6.45) is 1.67. The van der Waals surface area contributed by atoms with E-state index in [1.54, 1.807) is 0 Å². The van der Waals surface area contributed by atoms with Crippen molar-refractivity contribution in [3.63, 3.8) is 0 Å². The largest absolute Gasteiger partial charge is 0.454 e. The van der Waals surface area contributed by atoms with Gasteiger partial charge in [-0.05, 0) is 31.0 Å². The number of nitrogens with one attached hydrogen (secondary N) is 1. The Hall–Kier alpha value is -2.20. The first-order valence-electron chi connectivity index (χ1n) is 8.19. The molecule has 1 atom stereocenters. The number of anilines is 1. The summed E-state index contributed by atoms with van der Waals surface area (Å²) >= 11 is 0.